The summed E-state index contributed by atoms with van der Waals surface area (Å²) in [4.78, 5) is 25.5. The molecule has 0 saturated heterocycles. The number of anilines is 1. The molecule has 0 saturated carbocycles. The molecule has 0 bridgehead atoms. The van der Waals surface area contributed by atoms with E-state index in [4.69, 9.17) is 4.74 Å². The number of halogens is 3. The van der Waals surface area contributed by atoms with Crippen LogP contribution in [0.4, 0.5) is 14.5 Å². The van der Waals surface area contributed by atoms with Crippen molar-refractivity contribution in [2.45, 2.75) is 33.3 Å². The Morgan fingerprint density at radius 3 is 2.41 bits per heavy atom. The van der Waals surface area contributed by atoms with Gasteiger partial charge in [-0.2, -0.15) is 0 Å². The van der Waals surface area contributed by atoms with Crippen molar-refractivity contribution in [3.63, 3.8) is 0 Å². The molecular weight excluding hydrogens is 508 g/mol. The molecular formula is C26H24BrF2NO4. The summed E-state index contributed by atoms with van der Waals surface area (Å²) >= 11 is 3.18. The first-order valence-electron chi connectivity index (χ1n) is 10.4. The van der Waals surface area contributed by atoms with Gasteiger partial charge in [-0.05, 0) is 64.1 Å². The minimum absolute atomic E-state index is 0.117. The van der Waals surface area contributed by atoms with E-state index in [0.29, 0.717) is 4.47 Å². The van der Waals surface area contributed by atoms with E-state index in [1.165, 1.54) is 45.0 Å². The quantitative estimate of drug-likeness (QED) is 0.376. The first-order chi connectivity index (χ1) is 15.9. The highest BCUT2D eigenvalue weighted by molar-refractivity contribution is 9.10. The molecule has 0 fully saturated rings. The van der Waals surface area contributed by atoms with Crippen molar-refractivity contribution in [3.05, 3.63) is 92.5 Å². The topological polar surface area (TPSA) is 75.6 Å². The van der Waals surface area contributed by atoms with Crippen LogP contribution in [0.3, 0.4) is 0 Å². The number of benzene rings is 3. The molecule has 3 aromatic carbocycles. The van der Waals surface area contributed by atoms with E-state index in [2.05, 4.69) is 21.2 Å². The summed E-state index contributed by atoms with van der Waals surface area (Å²) in [5, 5.41) is 12.7. The first-order valence-corrected chi connectivity index (χ1v) is 11.2. The van der Waals surface area contributed by atoms with Gasteiger partial charge in [0.25, 0.3) is 5.91 Å². The highest BCUT2D eigenvalue weighted by Gasteiger charge is 2.23. The Morgan fingerprint density at radius 2 is 1.76 bits per heavy atom. The van der Waals surface area contributed by atoms with Crippen LogP contribution < -0.4 is 10.1 Å². The van der Waals surface area contributed by atoms with Crippen LogP contribution in [-0.4, -0.2) is 23.4 Å². The lowest BCUT2D eigenvalue weighted by Crippen LogP contribution is -2.23. The van der Waals surface area contributed by atoms with Gasteiger partial charge in [-0.1, -0.05) is 33.6 Å². The number of amides is 1. The molecule has 0 aromatic heterocycles. The van der Waals surface area contributed by atoms with E-state index >= 15 is 0 Å². The van der Waals surface area contributed by atoms with Crippen molar-refractivity contribution in [1.82, 2.24) is 0 Å². The zero-order valence-corrected chi connectivity index (χ0v) is 20.7. The maximum Gasteiger partial charge on any atom is 0.262 e. The third kappa shape index (κ3) is 5.87. The number of carbonyl (C=O) groups is 2. The minimum Gasteiger partial charge on any atom is -0.483 e. The van der Waals surface area contributed by atoms with E-state index in [1.54, 1.807) is 25.1 Å². The van der Waals surface area contributed by atoms with Gasteiger partial charge in [0.2, 0.25) is 0 Å². The SMILES string of the molecule is Cc1ccc(OCC(=O)Nc2ccc(C(C)(C)O)c(F)c2C)c(C(=O)c2cc(F)cc(Br)c2)c1. The second kappa shape index (κ2) is 10.0. The average molecular weight is 532 g/mol. The zero-order chi connectivity index (χ0) is 25.2. The summed E-state index contributed by atoms with van der Waals surface area (Å²) in [6, 6.07) is 11.7. The summed E-state index contributed by atoms with van der Waals surface area (Å²) in [7, 11) is 0. The second-order valence-corrected chi connectivity index (χ2v) is 9.40. The van der Waals surface area contributed by atoms with Gasteiger partial charge in [0.1, 0.15) is 17.4 Å². The molecule has 0 radical (unpaired) electrons. The molecule has 5 nitrogen and oxygen atoms in total. The molecule has 0 unspecified atom stereocenters. The maximum atomic E-state index is 14.6. The number of hydrogen-bond donors (Lipinski definition) is 2. The van der Waals surface area contributed by atoms with Crippen LogP contribution in [0.2, 0.25) is 0 Å². The molecule has 0 aliphatic rings. The van der Waals surface area contributed by atoms with Crippen LogP contribution in [0.1, 0.15) is 46.5 Å². The van der Waals surface area contributed by atoms with Gasteiger partial charge in [-0.3, -0.25) is 9.59 Å². The Bertz CT molecular complexity index is 1250. The molecule has 3 rings (SSSR count). The number of rotatable bonds is 7. The van der Waals surface area contributed by atoms with Crippen molar-refractivity contribution in [2.24, 2.45) is 0 Å². The van der Waals surface area contributed by atoms with Crippen LogP contribution in [0.15, 0.2) is 53.0 Å². The Kier molecular flexibility index (Phi) is 7.53. The van der Waals surface area contributed by atoms with Crippen LogP contribution in [0.5, 0.6) is 5.75 Å². The Morgan fingerprint density at radius 1 is 1.06 bits per heavy atom. The number of hydrogen-bond acceptors (Lipinski definition) is 4. The first kappa shape index (κ1) is 25.5. The van der Waals surface area contributed by atoms with Gasteiger partial charge in [-0.25, -0.2) is 8.78 Å². The van der Waals surface area contributed by atoms with E-state index in [-0.39, 0.29) is 33.7 Å². The van der Waals surface area contributed by atoms with Crippen molar-refractivity contribution in [1.29, 1.82) is 0 Å². The standard InChI is InChI=1S/C26H24BrF2NO4/c1-14-5-8-22(19(9-14)25(32)16-10-17(27)12-18(28)11-16)34-13-23(31)30-21-7-6-20(26(3,4)33)24(29)15(21)2/h5-12,33H,13H2,1-4H3,(H,30,31). The average Bonchev–Trinajstić information content (AvgIpc) is 2.74. The van der Waals surface area contributed by atoms with Gasteiger partial charge in [0.15, 0.2) is 12.4 Å². The second-order valence-electron chi connectivity index (χ2n) is 8.48. The summed E-state index contributed by atoms with van der Waals surface area (Å²) in [5.74, 6) is -2.04. The maximum absolute atomic E-state index is 14.6. The van der Waals surface area contributed by atoms with Crippen LogP contribution in [-0.2, 0) is 10.4 Å². The molecule has 34 heavy (non-hydrogen) atoms. The lowest BCUT2D eigenvalue weighted by Gasteiger charge is -2.21. The van der Waals surface area contributed by atoms with Crippen molar-refractivity contribution in [3.8, 4) is 5.75 Å². The molecule has 3 aromatic rings. The van der Waals surface area contributed by atoms with Gasteiger partial charge < -0.3 is 15.2 Å². The predicted molar refractivity (Wildman–Crippen MR) is 129 cm³/mol. The number of aryl methyl sites for hydroxylation is 1. The number of ether oxygens (including phenoxy) is 1. The number of ketones is 1. The van der Waals surface area contributed by atoms with Crippen LogP contribution in [0.25, 0.3) is 0 Å². The van der Waals surface area contributed by atoms with E-state index in [1.807, 2.05) is 0 Å². The molecule has 178 valence electrons. The van der Waals surface area contributed by atoms with E-state index in [9.17, 15) is 23.5 Å². The third-order valence-corrected chi connectivity index (χ3v) is 5.64. The molecule has 0 aliphatic heterocycles. The highest BCUT2D eigenvalue weighted by atomic mass is 79.9. The Hall–Kier alpha value is -3.10. The van der Waals surface area contributed by atoms with Crippen molar-refractivity contribution in [2.75, 3.05) is 11.9 Å². The monoisotopic (exact) mass is 531 g/mol. The van der Waals surface area contributed by atoms with Crippen LogP contribution >= 0.6 is 15.9 Å². The molecule has 2 N–H and O–H groups in total. The number of nitrogens with one attached hydrogen (secondary N) is 1. The zero-order valence-electron chi connectivity index (χ0n) is 19.1. The van der Waals surface area contributed by atoms with E-state index < -0.39 is 35.5 Å². The molecule has 8 heteroatoms. The third-order valence-electron chi connectivity index (χ3n) is 5.18. The molecule has 0 aliphatic carbocycles. The summed E-state index contributed by atoms with van der Waals surface area (Å²) < 4.78 is 34.5. The van der Waals surface area contributed by atoms with Gasteiger partial charge in [-0.15, -0.1) is 0 Å². The Balaban J connectivity index is 1.78. The van der Waals surface area contributed by atoms with Gasteiger partial charge in [0, 0.05) is 26.9 Å². The minimum atomic E-state index is -1.37. The fourth-order valence-corrected chi connectivity index (χ4v) is 3.88. The normalized spacial score (nSPS) is 11.3. The van der Waals surface area contributed by atoms with Crippen molar-refractivity contribution >= 4 is 33.3 Å². The molecule has 0 atom stereocenters. The summed E-state index contributed by atoms with van der Waals surface area (Å²) in [6.45, 7) is 5.79. The largest absolute Gasteiger partial charge is 0.483 e. The van der Waals surface area contributed by atoms with E-state index in [0.717, 1.165) is 11.6 Å². The van der Waals surface area contributed by atoms with Gasteiger partial charge in [0.05, 0.1) is 11.2 Å². The fourth-order valence-electron chi connectivity index (χ4n) is 3.41. The smallest absolute Gasteiger partial charge is 0.262 e. The van der Waals surface area contributed by atoms with Crippen molar-refractivity contribution < 1.29 is 28.2 Å². The summed E-state index contributed by atoms with van der Waals surface area (Å²) in [5.41, 5.74) is 0.262. The molecule has 1 amide bonds. The van der Waals surface area contributed by atoms with Crippen LogP contribution in [0, 0.1) is 25.5 Å². The molecule has 0 spiro atoms. The van der Waals surface area contributed by atoms with Gasteiger partial charge >= 0.3 is 0 Å². The lowest BCUT2D eigenvalue weighted by atomic mass is 9.95. The predicted octanol–water partition coefficient (Wildman–Crippen LogP) is 5.82. The number of carbonyl (C=O) groups excluding carboxylic acids is 2. The highest BCUT2D eigenvalue weighted by Crippen LogP contribution is 2.29. The molecule has 0 heterocycles. The number of aliphatic hydroxyl groups is 1. The summed E-state index contributed by atoms with van der Waals surface area (Å²) in [6.07, 6.45) is 0. The fraction of sp³-hybridized carbons (Fsp3) is 0.231. The lowest BCUT2D eigenvalue weighted by molar-refractivity contribution is -0.118. The Labute approximate surface area is 204 Å².